The standard InChI is InChI=1S/C21H27FN2O2S/c22-21-9-3-2-8-19(21)17-27(25,26)23-14-6-7-18-10-12-20(13-11-18)24-15-4-1-5-16-24/h2-3,8-13,23H,1,4-7,14-17H2. The van der Waals surface area contributed by atoms with Gasteiger partial charge in [0.25, 0.3) is 0 Å². The van der Waals surface area contributed by atoms with Gasteiger partial charge in [-0.3, -0.25) is 0 Å². The van der Waals surface area contributed by atoms with Gasteiger partial charge in [-0.05, 0) is 55.9 Å². The number of nitrogens with one attached hydrogen (secondary N) is 1. The third-order valence-corrected chi connectivity index (χ3v) is 6.26. The van der Waals surface area contributed by atoms with Gasteiger partial charge in [-0.25, -0.2) is 17.5 Å². The van der Waals surface area contributed by atoms with Crippen molar-refractivity contribution in [1.29, 1.82) is 0 Å². The van der Waals surface area contributed by atoms with Gasteiger partial charge < -0.3 is 4.90 Å². The summed E-state index contributed by atoms with van der Waals surface area (Å²) in [6.45, 7) is 2.61. The number of rotatable bonds is 8. The highest BCUT2D eigenvalue weighted by molar-refractivity contribution is 7.88. The fraction of sp³-hybridized carbons (Fsp3) is 0.429. The number of aryl methyl sites for hydroxylation is 1. The van der Waals surface area contributed by atoms with Crippen molar-refractivity contribution in [3.63, 3.8) is 0 Å². The largest absolute Gasteiger partial charge is 0.372 e. The van der Waals surface area contributed by atoms with Crippen molar-refractivity contribution >= 4 is 15.7 Å². The lowest BCUT2D eigenvalue weighted by Crippen LogP contribution is -2.29. The first kappa shape index (κ1) is 19.8. The van der Waals surface area contributed by atoms with Crippen LogP contribution in [0.5, 0.6) is 0 Å². The van der Waals surface area contributed by atoms with Crippen molar-refractivity contribution in [1.82, 2.24) is 4.72 Å². The molecule has 0 unspecified atom stereocenters. The highest BCUT2D eigenvalue weighted by Crippen LogP contribution is 2.20. The zero-order valence-corrected chi connectivity index (χ0v) is 16.3. The van der Waals surface area contributed by atoms with Crippen molar-refractivity contribution in [2.75, 3.05) is 24.5 Å². The van der Waals surface area contributed by atoms with Gasteiger partial charge in [0.15, 0.2) is 0 Å². The summed E-state index contributed by atoms with van der Waals surface area (Å²) in [6, 6.07) is 14.5. The summed E-state index contributed by atoms with van der Waals surface area (Å²) in [5.41, 5.74) is 2.66. The number of piperidine rings is 1. The molecule has 1 N–H and O–H groups in total. The molecule has 0 amide bonds. The van der Waals surface area contributed by atoms with Crippen LogP contribution in [-0.4, -0.2) is 28.1 Å². The van der Waals surface area contributed by atoms with Gasteiger partial charge >= 0.3 is 0 Å². The highest BCUT2D eigenvalue weighted by Gasteiger charge is 2.14. The number of halogens is 1. The number of benzene rings is 2. The fourth-order valence-electron chi connectivity index (χ4n) is 3.42. The Hall–Kier alpha value is -1.92. The van der Waals surface area contributed by atoms with E-state index in [4.69, 9.17) is 0 Å². The topological polar surface area (TPSA) is 49.4 Å². The zero-order chi connectivity index (χ0) is 19.1. The lowest BCUT2D eigenvalue weighted by atomic mass is 10.1. The molecule has 6 heteroatoms. The maximum absolute atomic E-state index is 13.6. The van der Waals surface area contributed by atoms with Crippen LogP contribution in [0.1, 0.15) is 36.8 Å². The Morgan fingerprint density at radius 2 is 1.67 bits per heavy atom. The molecule has 0 aromatic heterocycles. The van der Waals surface area contributed by atoms with E-state index in [1.165, 1.54) is 42.6 Å². The fourth-order valence-corrected chi connectivity index (χ4v) is 4.62. The Labute approximate surface area is 161 Å². The SMILES string of the molecule is O=S(=O)(Cc1ccccc1F)NCCCc1ccc(N2CCCCC2)cc1. The minimum absolute atomic E-state index is 0.193. The molecule has 1 aliphatic rings. The van der Waals surface area contributed by atoms with Crippen LogP contribution in [0.3, 0.4) is 0 Å². The number of hydrogen-bond acceptors (Lipinski definition) is 3. The molecular weight excluding hydrogens is 363 g/mol. The van der Waals surface area contributed by atoms with E-state index in [9.17, 15) is 12.8 Å². The van der Waals surface area contributed by atoms with Gasteiger partial charge in [-0.2, -0.15) is 0 Å². The van der Waals surface area contributed by atoms with Crippen LogP contribution in [0, 0.1) is 5.82 Å². The smallest absolute Gasteiger partial charge is 0.215 e. The molecule has 2 aromatic carbocycles. The van der Waals surface area contributed by atoms with Crippen molar-refractivity contribution < 1.29 is 12.8 Å². The van der Waals surface area contributed by atoms with Crippen molar-refractivity contribution in [3.05, 3.63) is 65.5 Å². The minimum Gasteiger partial charge on any atom is -0.372 e. The number of sulfonamides is 1. The maximum atomic E-state index is 13.6. The molecule has 0 bridgehead atoms. The summed E-state index contributed by atoms with van der Waals surface area (Å²) in [5.74, 6) is -0.818. The molecule has 0 spiro atoms. The van der Waals surface area contributed by atoms with Gasteiger partial charge in [0.05, 0.1) is 5.75 Å². The second-order valence-corrected chi connectivity index (χ2v) is 8.87. The van der Waals surface area contributed by atoms with E-state index in [-0.39, 0.29) is 11.3 Å². The average molecular weight is 391 g/mol. The third-order valence-electron chi connectivity index (χ3n) is 4.93. The molecule has 3 rings (SSSR count). The highest BCUT2D eigenvalue weighted by atomic mass is 32.2. The first-order chi connectivity index (χ1) is 13.0. The van der Waals surface area contributed by atoms with Gasteiger partial charge in [0.2, 0.25) is 10.0 Å². The summed E-state index contributed by atoms with van der Waals surface area (Å²) in [5, 5.41) is 0. The predicted octanol–water partition coefficient (Wildman–Crippen LogP) is 3.87. The van der Waals surface area contributed by atoms with Crippen LogP contribution in [0.25, 0.3) is 0 Å². The Balaban J connectivity index is 1.43. The number of nitrogens with zero attached hydrogens (tertiary/aromatic N) is 1. The summed E-state index contributed by atoms with van der Waals surface area (Å²) in [6.07, 6.45) is 5.35. The molecule has 1 saturated heterocycles. The normalized spacial score (nSPS) is 15.1. The van der Waals surface area contributed by atoms with Crippen LogP contribution in [0.15, 0.2) is 48.5 Å². The van der Waals surface area contributed by atoms with E-state index < -0.39 is 15.8 Å². The second-order valence-electron chi connectivity index (χ2n) is 7.06. The molecule has 1 aliphatic heterocycles. The molecule has 1 heterocycles. The molecule has 0 atom stereocenters. The zero-order valence-electron chi connectivity index (χ0n) is 15.5. The van der Waals surface area contributed by atoms with E-state index in [1.807, 2.05) is 0 Å². The van der Waals surface area contributed by atoms with Crippen LogP contribution < -0.4 is 9.62 Å². The maximum Gasteiger partial charge on any atom is 0.215 e. The van der Waals surface area contributed by atoms with Gasteiger partial charge in [0.1, 0.15) is 5.82 Å². The van der Waals surface area contributed by atoms with Crippen molar-refractivity contribution in [2.45, 2.75) is 37.9 Å². The van der Waals surface area contributed by atoms with E-state index in [0.29, 0.717) is 13.0 Å². The Morgan fingerprint density at radius 1 is 0.963 bits per heavy atom. The molecular formula is C21H27FN2O2S. The monoisotopic (exact) mass is 390 g/mol. The van der Waals surface area contributed by atoms with E-state index >= 15 is 0 Å². The number of hydrogen-bond donors (Lipinski definition) is 1. The first-order valence-electron chi connectivity index (χ1n) is 9.58. The second kappa shape index (κ2) is 9.33. The molecule has 1 fully saturated rings. The molecule has 146 valence electrons. The Bertz CT molecular complexity index is 832. The first-order valence-corrected chi connectivity index (χ1v) is 11.2. The van der Waals surface area contributed by atoms with E-state index in [2.05, 4.69) is 33.9 Å². The minimum atomic E-state index is -3.53. The molecule has 0 aliphatic carbocycles. The summed E-state index contributed by atoms with van der Waals surface area (Å²) in [7, 11) is -3.53. The predicted molar refractivity (Wildman–Crippen MR) is 108 cm³/mol. The third kappa shape index (κ3) is 6.04. The lowest BCUT2D eigenvalue weighted by molar-refractivity contribution is 0.572. The lowest BCUT2D eigenvalue weighted by Gasteiger charge is -2.28. The van der Waals surface area contributed by atoms with Gasteiger partial charge in [0, 0.05) is 30.9 Å². The summed E-state index contributed by atoms with van der Waals surface area (Å²) >= 11 is 0. The Kier molecular flexibility index (Phi) is 6.85. The average Bonchev–Trinajstić information content (AvgIpc) is 2.68. The molecule has 27 heavy (non-hydrogen) atoms. The molecule has 2 aromatic rings. The van der Waals surface area contributed by atoms with E-state index in [0.717, 1.165) is 19.5 Å². The van der Waals surface area contributed by atoms with Crippen LogP contribution >= 0.6 is 0 Å². The molecule has 4 nitrogen and oxygen atoms in total. The summed E-state index contributed by atoms with van der Waals surface area (Å²) in [4.78, 5) is 2.42. The Morgan fingerprint density at radius 3 is 2.37 bits per heavy atom. The van der Waals surface area contributed by atoms with Crippen LogP contribution in [0.4, 0.5) is 10.1 Å². The van der Waals surface area contributed by atoms with Gasteiger partial charge in [-0.1, -0.05) is 30.3 Å². The van der Waals surface area contributed by atoms with Crippen molar-refractivity contribution in [3.8, 4) is 0 Å². The van der Waals surface area contributed by atoms with Crippen LogP contribution in [0.2, 0.25) is 0 Å². The summed E-state index contributed by atoms with van der Waals surface area (Å²) < 4.78 is 40.4. The number of anilines is 1. The molecule has 0 saturated carbocycles. The van der Waals surface area contributed by atoms with Crippen LogP contribution in [-0.2, 0) is 22.2 Å². The van der Waals surface area contributed by atoms with Crippen molar-refractivity contribution in [2.24, 2.45) is 0 Å². The molecule has 0 radical (unpaired) electrons. The van der Waals surface area contributed by atoms with Gasteiger partial charge in [-0.15, -0.1) is 0 Å². The quantitative estimate of drug-likeness (QED) is 0.696. The van der Waals surface area contributed by atoms with E-state index in [1.54, 1.807) is 12.1 Å².